The number of fused-ring (bicyclic) bond motifs is 1. The van der Waals surface area contributed by atoms with Crippen LogP contribution in [-0.4, -0.2) is 37.9 Å². The van der Waals surface area contributed by atoms with Crippen molar-refractivity contribution in [3.8, 4) is 0 Å². The quantitative estimate of drug-likeness (QED) is 0.906. The van der Waals surface area contributed by atoms with Gasteiger partial charge in [0, 0.05) is 24.2 Å². The minimum atomic E-state index is -1.01. The van der Waals surface area contributed by atoms with E-state index in [1.165, 1.54) is 21.8 Å². The van der Waals surface area contributed by atoms with Crippen LogP contribution in [0, 0.1) is 0 Å². The maximum absolute atomic E-state index is 11.8. The van der Waals surface area contributed by atoms with E-state index < -0.39 is 11.5 Å². The Kier molecular flexibility index (Phi) is 3.42. The Morgan fingerprint density at radius 3 is 2.89 bits per heavy atom. The SMILES string of the molecule is CN(Cc1cc(=O)n2ccsc2n1)C(C)(C)C(=O)O. The molecular formula is C12H15N3O3S. The Balaban J connectivity index is 2.31. The standard InChI is InChI=1S/C12H15N3O3S/c1-12(2,10(17)18)14(3)7-8-6-9(16)15-4-5-19-11(15)13-8/h4-6H,7H2,1-3H3,(H,17,18). The number of hydrogen-bond acceptors (Lipinski definition) is 5. The Morgan fingerprint density at radius 1 is 1.58 bits per heavy atom. The lowest BCUT2D eigenvalue weighted by atomic mass is 10.0. The summed E-state index contributed by atoms with van der Waals surface area (Å²) in [5.74, 6) is -0.913. The summed E-state index contributed by atoms with van der Waals surface area (Å²) in [5.41, 5.74) is -0.588. The third kappa shape index (κ3) is 2.52. The number of hydrogen-bond donors (Lipinski definition) is 1. The van der Waals surface area contributed by atoms with Gasteiger partial charge in [-0.25, -0.2) is 4.98 Å². The zero-order valence-corrected chi connectivity index (χ0v) is 11.8. The van der Waals surface area contributed by atoms with E-state index >= 15 is 0 Å². The summed E-state index contributed by atoms with van der Waals surface area (Å²) in [7, 11) is 1.70. The summed E-state index contributed by atoms with van der Waals surface area (Å²) in [4.78, 5) is 29.6. The molecule has 0 atom stereocenters. The van der Waals surface area contributed by atoms with Crippen molar-refractivity contribution < 1.29 is 9.90 Å². The van der Waals surface area contributed by atoms with E-state index in [-0.39, 0.29) is 5.56 Å². The Bertz CT molecular complexity index is 674. The fourth-order valence-corrected chi connectivity index (χ4v) is 2.31. The molecule has 6 nitrogen and oxygen atoms in total. The van der Waals surface area contributed by atoms with Gasteiger partial charge in [-0.3, -0.25) is 18.9 Å². The molecule has 2 heterocycles. The molecule has 0 aliphatic heterocycles. The molecule has 0 unspecified atom stereocenters. The maximum Gasteiger partial charge on any atom is 0.323 e. The normalized spacial score (nSPS) is 12.2. The second-order valence-corrected chi connectivity index (χ2v) is 5.73. The summed E-state index contributed by atoms with van der Waals surface area (Å²) in [6, 6.07) is 1.44. The third-order valence-electron chi connectivity index (χ3n) is 3.23. The first-order valence-corrected chi connectivity index (χ1v) is 6.61. The number of rotatable bonds is 4. The van der Waals surface area contributed by atoms with E-state index in [0.717, 1.165) is 0 Å². The molecule has 0 saturated carbocycles. The van der Waals surface area contributed by atoms with E-state index in [0.29, 0.717) is 17.2 Å². The van der Waals surface area contributed by atoms with Crippen LogP contribution in [0.3, 0.4) is 0 Å². The highest BCUT2D eigenvalue weighted by Gasteiger charge is 2.32. The van der Waals surface area contributed by atoms with Crippen LogP contribution < -0.4 is 5.56 Å². The van der Waals surface area contributed by atoms with Gasteiger partial charge in [0.25, 0.3) is 5.56 Å². The van der Waals surface area contributed by atoms with Gasteiger partial charge in [-0.2, -0.15) is 0 Å². The highest BCUT2D eigenvalue weighted by Crippen LogP contribution is 2.15. The molecule has 2 rings (SSSR count). The molecule has 0 radical (unpaired) electrons. The number of likely N-dealkylation sites (N-methyl/N-ethyl adjacent to an activating group) is 1. The lowest BCUT2D eigenvalue weighted by Gasteiger charge is -2.30. The molecule has 0 aliphatic carbocycles. The van der Waals surface area contributed by atoms with Gasteiger partial charge in [-0.1, -0.05) is 0 Å². The lowest BCUT2D eigenvalue weighted by molar-refractivity contribution is -0.148. The number of aliphatic carboxylic acids is 1. The van der Waals surface area contributed by atoms with Crippen LogP contribution in [0.2, 0.25) is 0 Å². The predicted octanol–water partition coefficient (Wildman–Crippen LogP) is 1.05. The van der Waals surface area contributed by atoms with Gasteiger partial charge in [0.15, 0.2) is 4.96 Å². The van der Waals surface area contributed by atoms with Gasteiger partial charge < -0.3 is 5.11 Å². The molecule has 0 spiro atoms. The van der Waals surface area contributed by atoms with Crippen molar-refractivity contribution in [1.29, 1.82) is 0 Å². The van der Waals surface area contributed by atoms with Crippen molar-refractivity contribution in [2.75, 3.05) is 7.05 Å². The second-order valence-electron chi connectivity index (χ2n) is 4.86. The average molecular weight is 281 g/mol. The number of carboxylic acids is 1. The minimum absolute atomic E-state index is 0.150. The van der Waals surface area contributed by atoms with Crippen molar-refractivity contribution in [3.05, 3.63) is 33.7 Å². The first kappa shape index (κ1) is 13.7. The molecule has 19 heavy (non-hydrogen) atoms. The number of carbonyl (C=O) groups is 1. The minimum Gasteiger partial charge on any atom is -0.480 e. The van der Waals surface area contributed by atoms with E-state index in [2.05, 4.69) is 4.98 Å². The summed E-state index contributed by atoms with van der Waals surface area (Å²) < 4.78 is 1.47. The van der Waals surface area contributed by atoms with E-state index in [1.807, 2.05) is 0 Å². The van der Waals surface area contributed by atoms with Crippen LogP contribution in [0.25, 0.3) is 4.96 Å². The molecule has 7 heteroatoms. The number of carboxylic acid groups (broad SMARTS) is 1. The van der Waals surface area contributed by atoms with Gasteiger partial charge in [0.1, 0.15) is 5.54 Å². The average Bonchev–Trinajstić information content (AvgIpc) is 2.77. The molecule has 0 aromatic carbocycles. The molecule has 0 bridgehead atoms. The largest absolute Gasteiger partial charge is 0.480 e. The molecule has 0 fully saturated rings. The van der Waals surface area contributed by atoms with Crippen molar-refractivity contribution in [1.82, 2.24) is 14.3 Å². The first-order valence-electron chi connectivity index (χ1n) is 5.73. The lowest BCUT2D eigenvalue weighted by Crippen LogP contribution is -2.47. The van der Waals surface area contributed by atoms with E-state index in [4.69, 9.17) is 5.11 Å². The molecule has 0 amide bonds. The first-order chi connectivity index (χ1) is 8.82. The maximum atomic E-state index is 11.8. The Morgan fingerprint density at radius 2 is 2.26 bits per heavy atom. The van der Waals surface area contributed by atoms with Crippen LogP contribution in [0.15, 0.2) is 22.4 Å². The smallest absolute Gasteiger partial charge is 0.323 e. The second kappa shape index (κ2) is 4.75. The summed E-state index contributed by atoms with van der Waals surface area (Å²) in [6.45, 7) is 3.54. The fourth-order valence-electron chi connectivity index (χ4n) is 1.57. The van der Waals surface area contributed by atoms with Crippen molar-refractivity contribution in [2.24, 2.45) is 0 Å². The van der Waals surface area contributed by atoms with E-state index in [1.54, 1.807) is 37.4 Å². The molecular weight excluding hydrogens is 266 g/mol. The van der Waals surface area contributed by atoms with Gasteiger partial charge in [-0.05, 0) is 20.9 Å². The molecule has 2 aromatic rings. The molecule has 0 aliphatic rings. The molecule has 2 aromatic heterocycles. The molecule has 102 valence electrons. The van der Waals surface area contributed by atoms with Gasteiger partial charge in [0.05, 0.1) is 5.69 Å². The fraction of sp³-hybridized carbons (Fsp3) is 0.417. The summed E-state index contributed by atoms with van der Waals surface area (Å²) >= 11 is 1.37. The van der Waals surface area contributed by atoms with Crippen LogP contribution >= 0.6 is 11.3 Å². The highest BCUT2D eigenvalue weighted by molar-refractivity contribution is 7.15. The molecule has 1 N–H and O–H groups in total. The van der Waals surface area contributed by atoms with Crippen LogP contribution in [0.1, 0.15) is 19.5 Å². The number of thiazole rings is 1. The zero-order valence-electron chi connectivity index (χ0n) is 11.0. The van der Waals surface area contributed by atoms with Gasteiger partial charge in [0.2, 0.25) is 0 Å². The third-order valence-corrected chi connectivity index (χ3v) is 3.99. The summed E-state index contributed by atoms with van der Waals surface area (Å²) in [6.07, 6.45) is 1.67. The number of aromatic nitrogens is 2. The topological polar surface area (TPSA) is 74.9 Å². The predicted molar refractivity (Wildman–Crippen MR) is 72.5 cm³/mol. The summed E-state index contributed by atoms with van der Waals surface area (Å²) in [5, 5.41) is 10.9. The van der Waals surface area contributed by atoms with Crippen LogP contribution in [-0.2, 0) is 11.3 Å². The Labute approximate surface area is 113 Å². The van der Waals surface area contributed by atoms with Crippen molar-refractivity contribution >= 4 is 22.3 Å². The van der Waals surface area contributed by atoms with Crippen molar-refractivity contribution in [3.63, 3.8) is 0 Å². The van der Waals surface area contributed by atoms with Crippen LogP contribution in [0.5, 0.6) is 0 Å². The van der Waals surface area contributed by atoms with E-state index in [9.17, 15) is 9.59 Å². The van der Waals surface area contributed by atoms with Crippen molar-refractivity contribution in [2.45, 2.75) is 25.9 Å². The van der Waals surface area contributed by atoms with Gasteiger partial charge >= 0.3 is 5.97 Å². The molecule has 0 saturated heterocycles. The highest BCUT2D eigenvalue weighted by atomic mass is 32.1. The monoisotopic (exact) mass is 281 g/mol. The van der Waals surface area contributed by atoms with Crippen LogP contribution in [0.4, 0.5) is 0 Å². The Hall–Kier alpha value is -1.73. The zero-order chi connectivity index (χ0) is 14.2. The van der Waals surface area contributed by atoms with Gasteiger partial charge in [-0.15, -0.1) is 11.3 Å². The number of nitrogens with zero attached hydrogens (tertiary/aromatic N) is 3.